The Kier molecular flexibility index (Phi) is 8.32. The zero-order chi connectivity index (χ0) is 11.0. The van der Waals surface area contributed by atoms with Crippen LogP contribution < -0.4 is 5.32 Å². The van der Waals surface area contributed by atoms with Crippen molar-refractivity contribution < 1.29 is 9.90 Å². The van der Waals surface area contributed by atoms with Gasteiger partial charge in [0.25, 0.3) is 0 Å². The summed E-state index contributed by atoms with van der Waals surface area (Å²) in [7, 11) is 0. The van der Waals surface area contributed by atoms with Gasteiger partial charge in [0, 0.05) is 10.5 Å². The van der Waals surface area contributed by atoms with E-state index in [0.717, 1.165) is 12.8 Å². The van der Waals surface area contributed by atoms with Gasteiger partial charge in [0.1, 0.15) is 0 Å². The summed E-state index contributed by atoms with van der Waals surface area (Å²) in [6.45, 7) is 4.90. The van der Waals surface area contributed by atoms with Crippen LogP contribution in [0, 0.1) is 5.92 Å². The number of amides is 1. The normalized spacial score (nSPS) is 14.8. The van der Waals surface area contributed by atoms with Crippen molar-refractivity contribution in [1.82, 2.24) is 5.32 Å². The fourth-order valence-electron chi connectivity index (χ4n) is 1.51. The van der Waals surface area contributed by atoms with Crippen LogP contribution in [0.5, 0.6) is 0 Å². The minimum Gasteiger partial charge on any atom is -0.465 e. The second-order valence-electron chi connectivity index (χ2n) is 3.54. The summed E-state index contributed by atoms with van der Waals surface area (Å²) >= 11 is 2.44. The Bertz CT molecular complexity index is 164. The molecule has 2 unspecified atom stereocenters. The lowest BCUT2D eigenvalue weighted by molar-refractivity contribution is 0.192. The van der Waals surface area contributed by atoms with Crippen LogP contribution in [-0.4, -0.2) is 21.7 Å². The molecular weight excluding hydrogens is 293 g/mol. The highest BCUT2D eigenvalue weighted by molar-refractivity contribution is 14.1. The van der Waals surface area contributed by atoms with Crippen LogP contribution in [0.25, 0.3) is 0 Å². The molecule has 2 atom stereocenters. The largest absolute Gasteiger partial charge is 0.465 e. The smallest absolute Gasteiger partial charge is 0.404 e. The molecule has 0 aliphatic rings. The predicted molar refractivity (Wildman–Crippen MR) is 67.1 cm³/mol. The molecule has 1 amide bonds. The Labute approximate surface area is 99.8 Å². The van der Waals surface area contributed by atoms with Gasteiger partial charge < -0.3 is 10.4 Å². The maximum atomic E-state index is 10.4. The predicted octanol–water partition coefficient (Wildman–Crippen LogP) is 3.27. The van der Waals surface area contributed by atoms with E-state index in [4.69, 9.17) is 5.11 Å². The minimum atomic E-state index is -0.911. The minimum absolute atomic E-state index is 0.483. The number of carbonyl (C=O) groups is 1. The number of nitrogens with one attached hydrogen (secondary N) is 1. The highest BCUT2D eigenvalue weighted by atomic mass is 127. The summed E-state index contributed by atoms with van der Waals surface area (Å²) in [6.07, 6.45) is 3.66. The van der Waals surface area contributed by atoms with Crippen LogP contribution in [0.4, 0.5) is 4.79 Å². The average Bonchev–Trinajstić information content (AvgIpc) is 2.12. The summed E-state index contributed by atoms with van der Waals surface area (Å²) in [5, 5.41) is 11.0. The standard InChI is InChI=1S/C10H20INO2/c1-3-5-8(7-12-10(13)14)9(11)6-4-2/h8-9,12H,3-7H2,1-2H3,(H,13,14). The zero-order valence-electron chi connectivity index (χ0n) is 8.92. The summed E-state index contributed by atoms with van der Waals surface area (Å²) in [5.41, 5.74) is 0. The highest BCUT2D eigenvalue weighted by Gasteiger charge is 2.17. The van der Waals surface area contributed by atoms with Crippen molar-refractivity contribution in [1.29, 1.82) is 0 Å². The number of alkyl halides is 1. The van der Waals surface area contributed by atoms with E-state index in [1.807, 2.05) is 0 Å². The van der Waals surface area contributed by atoms with Crippen LogP contribution in [0.1, 0.15) is 39.5 Å². The van der Waals surface area contributed by atoms with E-state index in [9.17, 15) is 4.79 Å². The van der Waals surface area contributed by atoms with Crippen molar-refractivity contribution in [2.45, 2.75) is 43.5 Å². The topological polar surface area (TPSA) is 49.3 Å². The molecule has 0 aliphatic heterocycles. The molecule has 0 spiro atoms. The van der Waals surface area contributed by atoms with Crippen LogP contribution in [-0.2, 0) is 0 Å². The van der Waals surface area contributed by atoms with Gasteiger partial charge in [-0.3, -0.25) is 0 Å². The number of hydrogen-bond acceptors (Lipinski definition) is 1. The molecule has 14 heavy (non-hydrogen) atoms. The molecule has 84 valence electrons. The summed E-state index contributed by atoms with van der Waals surface area (Å²) in [4.78, 5) is 10.4. The molecular formula is C10H20INO2. The molecule has 4 heteroatoms. The maximum absolute atomic E-state index is 10.4. The van der Waals surface area contributed by atoms with E-state index < -0.39 is 6.09 Å². The SMILES string of the molecule is CCCC(I)C(CCC)CNC(=O)O. The number of halogens is 1. The Balaban J connectivity index is 3.92. The Hall–Kier alpha value is 0. The van der Waals surface area contributed by atoms with Crippen LogP contribution in [0.3, 0.4) is 0 Å². The number of carboxylic acid groups (broad SMARTS) is 1. The van der Waals surface area contributed by atoms with Gasteiger partial charge in [0.15, 0.2) is 0 Å². The maximum Gasteiger partial charge on any atom is 0.404 e. The van der Waals surface area contributed by atoms with E-state index in [0.29, 0.717) is 16.4 Å². The van der Waals surface area contributed by atoms with Gasteiger partial charge in [0.2, 0.25) is 0 Å². The van der Waals surface area contributed by atoms with Crippen molar-refractivity contribution >= 4 is 28.7 Å². The molecule has 2 N–H and O–H groups in total. The summed E-state index contributed by atoms with van der Waals surface area (Å²) in [6, 6.07) is 0. The van der Waals surface area contributed by atoms with E-state index in [1.54, 1.807) is 0 Å². The molecule has 0 fully saturated rings. The third kappa shape index (κ3) is 6.45. The molecule has 0 bridgehead atoms. The lowest BCUT2D eigenvalue weighted by atomic mass is 9.97. The fourth-order valence-corrected chi connectivity index (χ4v) is 2.75. The molecule has 0 saturated heterocycles. The van der Waals surface area contributed by atoms with E-state index >= 15 is 0 Å². The summed E-state index contributed by atoms with van der Waals surface area (Å²) in [5.74, 6) is 0.483. The van der Waals surface area contributed by atoms with Gasteiger partial charge in [-0.2, -0.15) is 0 Å². The van der Waals surface area contributed by atoms with Crippen molar-refractivity contribution in [3.63, 3.8) is 0 Å². The molecule has 0 rings (SSSR count). The molecule has 3 nitrogen and oxygen atoms in total. The Morgan fingerprint density at radius 1 is 1.36 bits per heavy atom. The quantitative estimate of drug-likeness (QED) is 0.560. The molecule has 0 heterocycles. The first-order valence-corrected chi connectivity index (χ1v) is 6.47. The van der Waals surface area contributed by atoms with E-state index in [-0.39, 0.29) is 0 Å². The number of hydrogen-bond donors (Lipinski definition) is 2. The first kappa shape index (κ1) is 14.0. The lowest BCUT2D eigenvalue weighted by Crippen LogP contribution is -2.31. The van der Waals surface area contributed by atoms with Crippen molar-refractivity contribution in [2.24, 2.45) is 5.92 Å². The van der Waals surface area contributed by atoms with Crippen LogP contribution >= 0.6 is 22.6 Å². The van der Waals surface area contributed by atoms with Gasteiger partial charge in [-0.25, -0.2) is 4.79 Å². The van der Waals surface area contributed by atoms with Crippen molar-refractivity contribution in [3.05, 3.63) is 0 Å². The molecule has 0 aromatic carbocycles. The third-order valence-electron chi connectivity index (χ3n) is 2.25. The van der Waals surface area contributed by atoms with Gasteiger partial charge in [0.05, 0.1) is 0 Å². The molecule has 0 aromatic heterocycles. The zero-order valence-corrected chi connectivity index (χ0v) is 11.1. The number of rotatable bonds is 7. The van der Waals surface area contributed by atoms with Crippen LogP contribution in [0.15, 0.2) is 0 Å². The van der Waals surface area contributed by atoms with Crippen LogP contribution in [0.2, 0.25) is 0 Å². The Morgan fingerprint density at radius 3 is 2.36 bits per heavy atom. The second-order valence-corrected chi connectivity index (χ2v) is 5.14. The van der Waals surface area contributed by atoms with E-state index in [2.05, 4.69) is 41.8 Å². The second kappa shape index (κ2) is 8.32. The molecule has 0 aliphatic carbocycles. The van der Waals surface area contributed by atoms with Gasteiger partial charge in [-0.05, 0) is 18.8 Å². The van der Waals surface area contributed by atoms with Crippen molar-refractivity contribution in [3.8, 4) is 0 Å². The molecule has 0 saturated carbocycles. The van der Waals surface area contributed by atoms with E-state index in [1.165, 1.54) is 12.8 Å². The van der Waals surface area contributed by atoms with Gasteiger partial charge >= 0.3 is 6.09 Å². The molecule has 0 aromatic rings. The Morgan fingerprint density at radius 2 is 1.93 bits per heavy atom. The third-order valence-corrected chi connectivity index (χ3v) is 3.89. The first-order valence-electron chi connectivity index (χ1n) is 5.22. The average molecular weight is 313 g/mol. The highest BCUT2D eigenvalue weighted by Crippen LogP contribution is 2.22. The molecule has 0 radical (unpaired) electrons. The van der Waals surface area contributed by atoms with Gasteiger partial charge in [-0.1, -0.05) is 49.3 Å². The summed E-state index contributed by atoms with van der Waals surface area (Å²) < 4.78 is 0.587. The van der Waals surface area contributed by atoms with Gasteiger partial charge in [-0.15, -0.1) is 0 Å². The lowest BCUT2D eigenvalue weighted by Gasteiger charge is -2.21. The van der Waals surface area contributed by atoms with Crippen molar-refractivity contribution in [2.75, 3.05) is 6.54 Å². The fraction of sp³-hybridized carbons (Fsp3) is 0.900. The first-order chi connectivity index (χ1) is 6.61. The monoisotopic (exact) mass is 313 g/mol.